The Morgan fingerprint density at radius 3 is 2.58 bits per heavy atom. The minimum Gasteiger partial charge on any atom is -0.369 e. The number of aromatic nitrogens is 2. The number of anilines is 2. The molecule has 0 aliphatic carbocycles. The van der Waals surface area contributed by atoms with E-state index in [1.54, 1.807) is 12.4 Å². The zero-order chi connectivity index (χ0) is 13.5. The molecule has 19 heavy (non-hydrogen) atoms. The zero-order valence-corrected chi connectivity index (χ0v) is 11.4. The smallest absolute Gasteiger partial charge is 0.241 e. The van der Waals surface area contributed by atoms with E-state index in [1.165, 1.54) is 6.42 Å². The topological polar surface area (TPSA) is 70.2 Å². The lowest BCUT2D eigenvalue weighted by molar-refractivity contribution is -0.130. The Labute approximate surface area is 113 Å². The number of likely N-dealkylation sites (tertiary alicyclic amines) is 1. The van der Waals surface area contributed by atoms with Gasteiger partial charge in [0, 0.05) is 19.6 Å². The predicted molar refractivity (Wildman–Crippen MR) is 75.1 cm³/mol. The van der Waals surface area contributed by atoms with Crippen molar-refractivity contribution in [3.63, 3.8) is 0 Å². The third kappa shape index (κ3) is 4.08. The molecule has 1 aliphatic rings. The number of piperidine rings is 1. The van der Waals surface area contributed by atoms with Gasteiger partial charge in [-0.2, -0.15) is 0 Å². The van der Waals surface area contributed by atoms with E-state index < -0.39 is 0 Å². The molecule has 6 heteroatoms. The van der Waals surface area contributed by atoms with Crippen molar-refractivity contribution in [1.82, 2.24) is 14.9 Å². The number of amides is 1. The summed E-state index contributed by atoms with van der Waals surface area (Å²) in [7, 11) is 0. The van der Waals surface area contributed by atoms with Crippen LogP contribution in [0.3, 0.4) is 0 Å². The molecule has 2 rings (SSSR count). The number of hydrogen-bond acceptors (Lipinski definition) is 5. The normalized spacial score (nSPS) is 15.1. The van der Waals surface area contributed by atoms with E-state index in [1.807, 2.05) is 11.8 Å². The number of carbonyl (C=O) groups excluding carboxylic acids is 1. The van der Waals surface area contributed by atoms with Crippen molar-refractivity contribution in [2.45, 2.75) is 26.2 Å². The van der Waals surface area contributed by atoms with Crippen molar-refractivity contribution < 1.29 is 4.79 Å². The van der Waals surface area contributed by atoms with E-state index in [4.69, 9.17) is 0 Å². The Kier molecular flexibility index (Phi) is 4.94. The van der Waals surface area contributed by atoms with Crippen molar-refractivity contribution >= 4 is 17.5 Å². The summed E-state index contributed by atoms with van der Waals surface area (Å²) in [5, 5.41) is 6.13. The first kappa shape index (κ1) is 13.6. The van der Waals surface area contributed by atoms with Crippen molar-refractivity contribution in [3.8, 4) is 0 Å². The molecule has 1 aromatic rings. The quantitative estimate of drug-likeness (QED) is 0.838. The van der Waals surface area contributed by atoms with Crippen LogP contribution in [0.4, 0.5) is 11.6 Å². The maximum Gasteiger partial charge on any atom is 0.241 e. The Morgan fingerprint density at radius 2 is 1.89 bits per heavy atom. The number of carbonyl (C=O) groups is 1. The molecule has 0 atom stereocenters. The highest BCUT2D eigenvalue weighted by molar-refractivity contribution is 5.80. The first-order valence-electron chi connectivity index (χ1n) is 6.87. The van der Waals surface area contributed by atoms with Gasteiger partial charge in [-0.3, -0.25) is 9.78 Å². The third-order valence-electron chi connectivity index (χ3n) is 3.12. The van der Waals surface area contributed by atoms with Gasteiger partial charge in [-0.05, 0) is 26.2 Å². The molecule has 1 saturated heterocycles. The van der Waals surface area contributed by atoms with E-state index in [9.17, 15) is 4.79 Å². The lowest BCUT2D eigenvalue weighted by Gasteiger charge is -2.26. The maximum absolute atomic E-state index is 12.0. The molecule has 2 N–H and O–H groups in total. The summed E-state index contributed by atoms with van der Waals surface area (Å²) in [5.74, 6) is 1.48. The minimum absolute atomic E-state index is 0.135. The molecule has 1 aromatic heterocycles. The minimum atomic E-state index is 0.135. The maximum atomic E-state index is 12.0. The zero-order valence-electron chi connectivity index (χ0n) is 11.4. The van der Waals surface area contributed by atoms with E-state index in [2.05, 4.69) is 20.6 Å². The van der Waals surface area contributed by atoms with Crippen LogP contribution in [0.2, 0.25) is 0 Å². The largest absolute Gasteiger partial charge is 0.369 e. The van der Waals surface area contributed by atoms with Crippen LogP contribution in [-0.2, 0) is 4.79 Å². The average Bonchev–Trinajstić information content (AvgIpc) is 2.46. The summed E-state index contributed by atoms with van der Waals surface area (Å²) in [6.07, 6.45) is 6.75. The van der Waals surface area contributed by atoms with Crippen LogP contribution in [0.25, 0.3) is 0 Å². The highest BCUT2D eigenvalue weighted by Gasteiger charge is 2.15. The van der Waals surface area contributed by atoms with Crippen LogP contribution >= 0.6 is 0 Å². The van der Waals surface area contributed by atoms with Gasteiger partial charge in [0.25, 0.3) is 0 Å². The summed E-state index contributed by atoms with van der Waals surface area (Å²) >= 11 is 0. The molecule has 6 nitrogen and oxygen atoms in total. The summed E-state index contributed by atoms with van der Waals surface area (Å²) < 4.78 is 0. The van der Waals surface area contributed by atoms with Crippen LogP contribution in [0, 0.1) is 0 Å². The number of hydrogen-bond donors (Lipinski definition) is 2. The first-order valence-corrected chi connectivity index (χ1v) is 6.87. The Balaban J connectivity index is 1.83. The van der Waals surface area contributed by atoms with E-state index >= 15 is 0 Å². The average molecular weight is 263 g/mol. The first-order chi connectivity index (χ1) is 9.29. The molecule has 1 fully saturated rings. The lowest BCUT2D eigenvalue weighted by Crippen LogP contribution is -2.39. The summed E-state index contributed by atoms with van der Waals surface area (Å²) in [6, 6.07) is 0. The van der Waals surface area contributed by atoms with Gasteiger partial charge >= 0.3 is 0 Å². The second kappa shape index (κ2) is 6.92. The fourth-order valence-electron chi connectivity index (χ4n) is 2.14. The molecule has 0 unspecified atom stereocenters. The summed E-state index contributed by atoms with van der Waals surface area (Å²) in [6.45, 7) is 4.84. The molecule has 0 bridgehead atoms. The second-order valence-corrected chi connectivity index (χ2v) is 4.61. The molecule has 1 aliphatic heterocycles. The van der Waals surface area contributed by atoms with Crippen LogP contribution in [0.15, 0.2) is 12.4 Å². The molecule has 0 radical (unpaired) electrons. The van der Waals surface area contributed by atoms with Gasteiger partial charge in [-0.25, -0.2) is 4.98 Å². The van der Waals surface area contributed by atoms with Gasteiger partial charge in [0.15, 0.2) is 0 Å². The Morgan fingerprint density at radius 1 is 1.21 bits per heavy atom. The third-order valence-corrected chi connectivity index (χ3v) is 3.12. The fraction of sp³-hybridized carbons (Fsp3) is 0.615. The van der Waals surface area contributed by atoms with Gasteiger partial charge in [-0.1, -0.05) is 0 Å². The number of nitrogens with one attached hydrogen (secondary N) is 2. The van der Waals surface area contributed by atoms with Crippen molar-refractivity contribution in [2.24, 2.45) is 0 Å². The van der Waals surface area contributed by atoms with Crippen LogP contribution < -0.4 is 10.6 Å². The standard InChI is InChI=1S/C13H21N5O/c1-2-15-11-8-14-9-12(17-11)16-10-13(19)18-6-4-3-5-7-18/h8-9H,2-7,10H2,1H3,(H2,15,16,17). The molecule has 104 valence electrons. The highest BCUT2D eigenvalue weighted by Crippen LogP contribution is 2.10. The molecule has 0 saturated carbocycles. The summed E-state index contributed by atoms with van der Waals surface area (Å²) in [4.78, 5) is 22.3. The SMILES string of the molecule is CCNc1cncc(NCC(=O)N2CCCCC2)n1. The van der Waals surface area contributed by atoms with E-state index in [0.717, 1.165) is 38.3 Å². The van der Waals surface area contributed by atoms with Gasteiger partial charge in [0.2, 0.25) is 5.91 Å². The Hall–Kier alpha value is -1.85. The number of nitrogens with zero attached hydrogens (tertiary/aromatic N) is 3. The molecule has 2 heterocycles. The van der Waals surface area contributed by atoms with E-state index in [-0.39, 0.29) is 12.5 Å². The summed E-state index contributed by atoms with van der Waals surface area (Å²) in [5.41, 5.74) is 0. The molecule has 1 amide bonds. The molecule has 0 spiro atoms. The van der Waals surface area contributed by atoms with Crippen molar-refractivity contribution in [3.05, 3.63) is 12.4 Å². The van der Waals surface area contributed by atoms with Gasteiger partial charge in [-0.15, -0.1) is 0 Å². The van der Waals surface area contributed by atoms with Gasteiger partial charge in [0.1, 0.15) is 11.6 Å². The van der Waals surface area contributed by atoms with Gasteiger partial charge in [0.05, 0.1) is 18.9 Å². The fourth-order valence-corrected chi connectivity index (χ4v) is 2.14. The molecular weight excluding hydrogens is 242 g/mol. The Bertz CT molecular complexity index is 417. The van der Waals surface area contributed by atoms with Crippen molar-refractivity contribution in [2.75, 3.05) is 36.8 Å². The van der Waals surface area contributed by atoms with Gasteiger partial charge < -0.3 is 15.5 Å². The predicted octanol–water partition coefficient (Wildman–Crippen LogP) is 1.33. The molecule has 0 aromatic carbocycles. The lowest BCUT2D eigenvalue weighted by atomic mass is 10.1. The second-order valence-electron chi connectivity index (χ2n) is 4.61. The van der Waals surface area contributed by atoms with Crippen molar-refractivity contribution in [1.29, 1.82) is 0 Å². The van der Waals surface area contributed by atoms with Crippen LogP contribution in [-0.4, -0.2) is 47.0 Å². The monoisotopic (exact) mass is 263 g/mol. The molecular formula is C13H21N5O. The van der Waals surface area contributed by atoms with Crippen LogP contribution in [0.5, 0.6) is 0 Å². The van der Waals surface area contributed by atoms with E-state index in [0.29, 0.717) is 5.82 Å². The highest BCUT2D eigenvalue weighted by atomic mass is 16.2. The van der Waals surface area contributed by atoms with Crippen LogP contribution in [0.1, 0.15) is 26.2 Å². The number of rotatable bonds is 5.